The molecule has 0 fully saturated rings. The molecule has 0 radical (unpaired) electrons. The zero-order valence-corrected chi connectivity index (χ0v) is 8.90. The maximum absolute atomic E-state index is 5.58. The van der Waals surface area contributed by atoms with E-state index in [1.807, 2.05) is 6.07 Å². The number of methoxy groups -OCH3 is 1. The van der Waals surface area contributed by atoms with Gasteiger partial charge in [0, 0.05) is 19.9 Å². The Bertz CT molecular complexity index is 281. The summed E-state index contributed by atoms with van der Waals surface area (Å²) in [7, 11) is 1.65. The number of nitrogen functional groups attached to an aromatic ring is 1. The van der Waals surface area contributed by atoms with Crippen molar-refractivity contribution in [1.29, 1.82) is 0 Å². The van der Waals surface area contributed by atoms with Gasteiger partial charge in [0.25, 0.3) is 0 Å². The SMILES string of the molecule is COCCOCCNc1cncc(N)c1. The Kier molecular flexibility index (Phi) is 5.50. The normalized spacial score (nSPS) is 10.2. The first-order chi connectivity index (χ1) is 7.33. The monoisotopic (exact) mass is 211 g/mol. The molecule has 1 heterocycles. The minimum atomic E-state index is 0.618. The van der Waals surface area contributed by atoms with E-state index in [2.05, 4.69) is 10.3 Å². The Balaban J connectivity index is 2.10. The topological polar surface area (TPSA) is 69.4 Å². The van der Waals surface area contributed by atoms with E-state index in [-0.39, 0.29) is 0 Å². The van der Waals surface area contributed by atoms with Crippen LogP contribution in [0.1, 0.15) is 0 Å². The molecule has 0 aliphatic carbocycles. The van der Waals surface area contributed by atoms with Crippen molar-refractivity contribution in [3.63, 3.8) is 0 Å². The molecule has 1 aromatic heterocycles. The van der Waals surface area contributed by atoms with Crippen LogP contribution in [-0.2, 0) is 9.47 Å². The van der Waals surface area contributed by atoms with E-state index in [0.29, 0.717) is 25.5 Å². The van der Waals surface area contributed by atoms with E-state index in [9.17, 15) is 0 Å². The molecule has 5 heteroatoms. The molecule has 84 valence electrons. The van der Waals surface area contributed by atoms with Crippen LogP contribution in [0.3, 0.4) is 0 Å². The fourth-order valence-corrected chi connectivity index (χ4v) is 1.07. The fourth-order valence-electron chi connectivity index (χ4n) is 1.07. The van der Waals surface area contributed by atoms with E-state index >= 15 is 0 Å². The van der Waals surface area contributed by atoms with Gasteiger partial charge in [-0.1, -0.05) is 0 Å². The molecular weight excluding hydrogens is 194 g/mol. The van der Waals surface area contributed by atoms with Crippen LogP contribution in [0, 0.1) is 0 Å². The molecule has 0 bridgehead atoms. The number of nitrogens with zero attached hydrogens (tertiary/aromatic N) is 1. The van der Waals surface area contributed by atoms with Gasteiger partial charge in [0.2, 0.25) is 0 Å². The number of anilines is 2. The van der Waals surface area contributed by atoms with Crippen LogP contribution < -0.4 is 11.1 Å². The van der Waals surface area contributed by atoms with E-state index in [1.54, 1.807) is 19.5 Å². The van der Waals surface area contributed by atoms with Crippen LogP contribution in [0.15, 0.2) is 18.5 Å². The highest BCUT2D eigenvalue weighted by molar-refractivity contribution is 5.51. The van der Waals surface area contributed by atoms with Gasteiger partial charge in [0.15, 0.2) is 0 Å². The summed E-state index contributed by atoms with van der Waals surface area (Å²) in [5.41, 5.74) is 7.14. The van der Waals surface area contributed by atoms with Gasteiger partial charge in [-0.15, -0.1) is 0 Å². The summed E-state index contributed by atoms with van der Waals surface area (Å²) in [6.45, 7) is 2.61. The molecule has 0 saturated carbocycles. The number of aromatic nitrogens is 1. The maximum atomic E-state index is 5.58. The highest BCUT2D eigenvalue weighted by Gasteiger charge is 1.93. The predicted molar refractivity (Wildman–Crippen MR) is 59.8 cm³/mol. The summed E-state index contributed by atoms with van der Waals surface area (Å²) in [4.78, 5) is 3.96. The zero-order valence-electron chi connectivity index (χ0n) is 8.90. The van der Waals surface area contributed by atoms with E-state index in [1.165, 1.54) is 0 Å². The van der Waals surface area contributed by atoms with Crippen LogP contribution in [0.5, 0.6) is 0 Å². The van der Waals surface area contributed by atoms with Gasteiger partial charge in [-0.25, -0.2) is 0 Å². The molecule has 0 amide bonds. The minimum Gasteiger partial charge on any atom is -0.397 e. The van der Waals surface area contributed by atoms with E-state index in [4.69, 9.17) is 15.2 Å². The van der Waals surface area contributed by atoms with Gasteiger partial charge in [-0.3, -0.25) is 4.98 Å². The second-order valence-electron chi connectivity index (χ2n) is 3.04. The molecule has 0 saturated heterocycles. The van der Waals surface area contributed by atoms with E-state index in [0.717, 1.165) is 12.2 Å². The zero-order chi connectivity index (χ0) is 10.9. The summed E-state index contributed by atoms with van der Waals surface area (Å²) in [6, 6.07) is 1.84. The lowest BCUT2D eigenvalue weighted by molar-refractivity contribution is 0.0759. The number of pyridine rings is 1. The van der Waals surface area contributed by atoms with Gasteiger partial charge in [-0.05, 0) is 6.07 Å². The molecule has 15 heavy (non-hydrogen) atoms. The molecule has 5 nitrogen and oxygen atoms in total. The van der Waals surface area contributed by atoms with Gasteiger partial charge < -0.3 is 20.5 Å². The Morgan fingerprint density at radius 3 is 2.93 bits per heavy atom. The lowest BCUT2D eigenvalue weighted by Crippen LogP contribution is -2.12. The highest BCUT2D eigenvalue weighted by Crippen LogP contribution is 2.08. The van der Waals surface area contributed by atoms with Crippen molar-refractivity contribution in [3.05, 3.63) is 18.5 Å². The molecule has 0 spiro atoms. The summed E-state index contributed by atoms with van der Waals surface area (Å²) in [5.74, 6) is 0. The van der Waals surface area contributed by atoms with Crippen molar-refractivity contribution < 1.29 is 9.47 Å². The Hall–Kier alpha value is -1.33. The Morgan fingerprint density at radius 2 is 2.20 bits per heavy atom. The number of rotatable bonds is 7. The smallest absolute Gasteiger partial charge is 0.0701 e. The van der Waals surface area contributed by atoms with Crippen LogP contribution in [-0.4, -0.2) is 38.5 Å². The van der Waals surface area contributed by atoms with Crippen molar-refractivity contribution in [2.45, 2.75) is 0 Å². The first-order valence-corrected chi connectivity index (χ1v) is 4.84. The first-order valence-electron chi connectivity index (χ1n) is 4.84. The van der Waals surface area contributed by atoms with Crippen LogP contribution in [0.4, 0.5) is 11.4 Å². The average molecular weight is 211 g/mol. The quantitative estimate of drug-likeness (QED) is 0.651. The summed E-state index contributed by atoms with van der Waals surface area (Å²) >= 11 is 0. The maximum Gasteiger partial charge on any atom is 0.0701 e. The Morgan fingerprint density at radius 1 is 1.33 bits per heavy atom. The minimum absolute atomic E-state index is 0.618. The number of hydrogen-bond donors (Lipinski definition) is 2. The van der Waals surface area contributed by atoms with Gasteiger partial charge in [0.1, 0.15) is 0 Å². The van der Waals surface area contributed by atoms with Crippen molar-refractivity contribution in [2.24, 2.45) is 0 Å². The predicted octanol–water partition coefficient (Wildman–Crippen LogP) is 0.739. The van der Waals surface area contributed by atoms with Crippen molar-refractivity contribution in [3.8, 4) is 0 Å². The molecule has 0 atom stereocenters. The lowest BCUT2D eigenvalue weighted by atomic mass is 10.4. The Labute approximate surface area is 89.6 Å². The molecule has 0 aromatic carbocycles. The van der Waals surface area contributed by atoms with Crippen molar-refractivity contribution in [2.75, 3.05) is 44.5 Å². The third-order valence-electron chi connectivity index (χ3n) is 1.77. The number of nitrogens with one attached hydrogen (secondary N) is 1. The van der Waals surface area contributed by atoms with Gasteiger partial charge in [-0.2, -0.15) is 0 Å². The summed E-state index contributed by atoms with van der Waals surface area (Å²) in [5, 5.41) is 3.15. The van der Waals surface area contributed by atoms with Gasteiger partial charge >= 0.3 is 0 Å². The standard InChI is InChI=1S/C10H17N3O2/c1-14-4-5-15-3-2-13-10-6-9(11)7-12-8-10/h6-8,13H,2-5,11H2,1H3. The van der Waals surface area contributed by atoms with Crippen molar-refractivity contribution in [1.82, 2.24) is 4.98 Å². The number of ether oxygens (including phenoxy) is 2. The fraction of sp³-hybridized carbons (Fsp3) is 0.500. The van der Waals surface area contributed by atoms with E-state index < -0.39 is 0 Å². The second-order valence-corrected chi connectivity index (χ2v) is 3.04. The molecule has 1 aromatic rings. The van der Waals surface area contributed by atoms with Crippen LogP contribution in [0.25, 0.3) is 0 Å². The van der Waals surface area contributed by atoms with Crippen LogP contribution in [0.2, 0.25) is 0 Å². The molecule has 3 N–H and O–H groups in total. The second kappa shape index (κ2) is 7.03. The lowest BCUT2D eigenvalue weighted by Gasteiger charge is -2.07. The summed E-state index contributed by atoms with van der Waals surface area (Å²) < 4.78 is 10.1. The van der Waals surface area contributed by atoms with Gasteiger partial charge in [0.05, 0.1) is 37.4 Å². The molecular formula is C10H17N3O2. The largest absolute Gasteiger partial charge is 0.397 e. The van der Waals surface area contributed by atoms with Crippen molar-refractivity contribution >= 4 is 11.4 Å². The third-order valence-corrected chi connectivity index (χ3v) is 1.77. The number of nitrogens with two attached hydrogens (primary N) is 1. The molecule has 0 aliphatic heterocycles. The average Bonchev–Trinajstić information content (AvgIpc) is 2.23. The highest BCUT2D eigenvalue weighted by atomic mass is 16.5. The first kappa shape index (κ1) is 11.7. The molecule has 1 rings (SSSR count). The summed E-state index contributed by atoms with van der Waals surface area (Å²) in [6.07, 6.45) is 3.34. The molecule has 0 unspecified atom stereocenters. The molecule has 0 aliphatic rings. The van der Waals surface area contributed by atoms with Crippen LogP contribution >= 0.6 is 0 Å². The third kappa shape index (κ3) is 5.19. The number of hydrogen-bond acceptors (Lipinski definition) is 5.